The number of halogens is 1. The van der Waals surface area contributed by atoms with E-state index in [4.69, 9.17) is 26.2 Å². The van der Waals surface area contributed by atoms with Gasteiger partial charge in [0.1, 0.15) is 11.9 Å². The van der Waals surface area contributed by atoms with Crippen LogP contribution in [0.5, 0.6) is 5.75 Å². The molecule has 1 heterocycles. The largest absolute Gasteiger partial charge is 0.484 e. The fourth-order valence-electron chi connectivity index (χ4n) is 1.51. The van der Waals surface area contributed by atoms with Crippen LogP contribution >= 0.6 is 11.6 Å². The van der Waals surface area contributed by atoms with Gasteiger partial charge in [0.05, 0.1) is 18.2 Å². The molecule has 92 valence electrons. The van der Waals surface area contributed by atoms with Crippen LogP contribution in [0.4, 0.5) is 0 Å². The molecule has 1 aromatic rings. The monoisotopic (exact) mass is 256 g/mol. The SMILES string of the molecule is O=C(O)CCc1ccc(OC2COC2)c(Cl)c1. The summed E-state index contributed by atoms with van der Waals surface area (Å²) in [6, 6.07) is 5.36. The number of aliphatic carboxylic acids is 1. The second-order valence-electron chi connectivity index (χ2n) is 3.94. The van der Waals surface area contributed by atoms with E-state index < -0.39 is 5.97 Å². The van der Waals surface area contributed by atoms with Gasteiger partial charge in [0.15, 0.2) is 0 Å². The topological polar surface area (TPSA) is 55.8 Å². The van der Waals surface area contributed by atoms with Gasteiger partial charge in [0.2, 0.25) is 0 Å². The van der Waals surface area contributed by atoms with Crippen LogP contribution in [0, 0.1) is 0 Å². The van der Waals surface area contributed by atoms with Crippen LogP contribution in [-0.4, -0.2) is 30.4 Å². The van der Waals surface area contributed by atoms with Crippen molar-refractivity contribution in [3.05, 3.63) is 28.8 Å². The summed E-state index contributed by atoms with van der Waals surface area (Å²) in [5.74, 6) is -0.188. The van der Waals surface area contributed by atoms with E-state index in [9.17, 15) is 4.79 Å². The highest BCUT2D eigenvalue weighted by molar-refractivity contribution is 6.32. The lowest BCUT2D eigenvalue weighted by Crippen LogP contribution is -2.38. The fourth-order valence-corrected chi connectivity index (χ4v) is 1.76. The third-order valence-electron chi connectivity index (χ3n) is 2.52. The number of hydrogen-bond donors (Lipinski definition) is 1. The Morgan fingerprint density at radius 3 is 2.82 bits per heavy atom. The van der Waals surface area contributed by atoms with Crippen molar-refractivity contribution >= 4 is 17.6 Å². The van der Waals surface area contributed by atoms with Crippen molar-refractivity contribution in [3.8, 4) is 5.75 Å². The minimum Gasteiger partial charge on any atom is -0.484 e. The van der Waals surface area contributed by atoms with E-state index in [1.54, 1.807) is 12.1 Å². The number of aryl methyl sites for hydroxylation is 1. The zero-order valence-corrected chi connectivity index (χ0v) is 9.94. The summed E-state index contributed by atoms with van der Waals surface area (Å²) in [5.41, 5.74) is 0.898. The minimum absolute atomic E-state index is 0.0809. The maximum Gasteiger partial charge on any atom is 0.303 e. The second kappa shape index (κ2) is 5.38. The Balaban J connectivity index is 1.97. The molecule has 0 unspecified atom stereocenters. The molecule has 0 bridgehead atoms. The van der Waals surface area contributed by atoms with Crippen molar-refractivity contribution in [2.45, 2.75) is 18.9 Å². The van der Waals surface area contributed by atoms with Crippen LogP contribution in [0.1, 0.15) is 12.0 Å². The Kier molecular flexibility index (Phi) is 3.86. The number of rotatable bonds is 5. The number of carbonyl (C=O) groups is 1. The smallest absolute Gasteiger partial charge is 0.303 e. The van der Waals surface area contributed by atoms with Crippen LogP contribution < -0.4 is 4.74 Å². The predicted octanol–water partition coefficient (Wildman–Crippen LogP) is 2.13. The van der Waals surface area contributed by atoms with E-state index in [-0.39, 0.29) is 12.5 Å². The zero-order valence-electron chi connectivity index (χ0n) is 9.19. The molecule has 0 radical (unpaired) electrons. The van der Waals surface area contributed by atoms with E-state index in [2.05, 4.69) is 0 Å². The van der Waals surface area contributed by atoms with Gasteiger partial charge >= 0.3 is 5.97 Å². The summed E-state index contributed by atoms with van der Waals surface area (Å²) in [7, 11) is 0. The van der Waals surface area contributed by atoms with Crippen molar-refractivity contribution in [2.24, 2.45) is 0 Å². The minimum atomic E-state index is -0.812. The maximum atomic E-state index is 10.4. The number of benzene rings is 1. The molecule has 0 aliphatic carbocycles. The highest BCUT2D eigenvalue weighted by atomic mass is 35.5. The van der Waals surface area contributed by atoms with E-state index in [1.165, 1.54) is 0 Å². The van der Waals surface area contributed by atoms with Gasteiger partial charge in [0, 0.05) is 6.42 Å². The van der Waals surface area contributed by atoms with E-state index in [1.807, 2.05) is 6.07 Å². The second-order valence-corrected chi connectivity index (χ2v) is 4.34. The molecular formula is C12H13ClO4. The number of ether oxygens (including phenoxy) is 2. The molecule has 1 saturated heterocycles. The van der Waals surface area contributed by atoms with Gasteiger partial charge in [-0.15, -0.1) is 0 Å². The van der Waals surface area contributed by atoms with Crippen molar-refractivity contribution in [2.75, 3.05) is 13.2 Å². The highest BCUT2D eigenvalue weighted by Gasteiger charge is 2.21. The first-order valence-corrected chi connectivity index (χ1v) is 5.77. The Morgan fingerprint density at radius 1 is 1.53 bits per heavy atom. The molecule has 0 atom stereocenters. The first kappa shape index (κ1) is 12.2. The number of carboxylic acid groups (broad SMARTS) is 1. The van der Waals surface area contributed by atoms with Crippen molar-refractivity contribution in [1.29, 1.82) is 0 Å². The molecule has 1 N–H and O–H groups in total. The summed E-state index contributed by atoms with van der Waals surface area (Å²) in [6.45, 7) is 1.19. The quantitative estimate of drug-likeness (QED) is 0.877. The number of hydrogen-bond acceptors (Lipinski definition) is 3. The average molecular weight is 257 g/mol. The molecule has 2 rings (SSSR count). The molecule has 1 aliphatic heterocycles. The standard InChI is InChI=1S/C12H13ClO4/c13-10-5-8(2-4-12(14)15)1-3-11(10)17-9-6-16-7-9/h1,3,5,9H,2,4,6-7H2,(H,14,15). The summed E-state index contributed by atoms with van der Waals surface area (Å²) in [5, 5.41) is 9.10. The Bertz CT molecular complexity index is 415. The summed E-state index contributed by atoms with van der Waals surface area (Å²) < 4.78 is 10.6. The lowest BCUT2D eigenvalue weighted by atomic mass is 10.1. The Labute approximate surface area is 104 Å². The molecule has 4 nitrogen and oxygen atoms in total. The van der Waals surface area contributed by atoms with E-state index in [0.717, 1.165) is 5.56 Å². The predicted molar refractivity (Wildman–Crippen MR) is 62.6 cm³/mol. The van der Waals surface area contributed by atoms with Crippen LogP contribution in [-0.2, 0) is 16.0 Å². The first-order valence-electron chi connectivity index (χ1n) is 5.40. The lowest BCUT2D eigenvalue weighted by Gasteiger charge is -2.27. The molecular weight excluding hydrogens is 244 g/mol. The molecule has 1 aromatic carbocycles. The maximum absolute atomic E-state index is 10.4. The van der Waals surface area contributed by atoms with Crippen molar-refractivity contribution in [3.63, 3.8) is 0 Å². The van der Waals surface area contributed by atoms with Crippen LogP contribution in [0.15, 0.2) is 18.2 Å². The molecule has 0 saturated carbocycles. The van der Waals surface area contributed by atoms with Gasteiger partial charge in [0.25, 0.3) is 0 Å². The van der Waals surface area contributed by atoms with E-state index >= 15 is 0 Å². The Morgan fingerprint density at radius 2 is 2.29 bits per heavy atom. The third kappa shape index (κ3) is 3.35. The van der Waals surface area contributed by atoms with Gasteiger partial charge in [-0.25, -0.2) is 0 Å². The lowest BCUT2D eigenvalue weighted by molar-refractivity contribution is -0.136. The molecule has 1 aliphatic rings. The summed E-state index contributed by atoms with van der Waals surface area (Å²) in [4.78, 5) is 10.4. The fraction of sp³-hybridized carbons (Fsp3) is 0.417. The normalized spacial score (nSPS) is 15.4. The average Bonchev–Trinajstić information content (AvgIpc) is 2.22. The third-order valence-corrected chi connectivity index (χ3v) is 2.82. The zero-order chi connectivity index (χ0) is 12.3. The van der Waals surface area contributed by atoms with Crippen LogP contribution in [0.25, 0.3) is 0 Å². The molecule has 0 spiro atoms. The number of carboxylic acids is 1. The van der Waals surface area contributed by atoms with Gasteiger partial charge in [-0.1, -0.05) is 17.7 Å². The van der Waals surface area contributed by atoms with Gasteiger partial charge < -0.3 is 14.6 Å². The van der Waals surface area contributed by atoms with Crippen LogP contribution in [0.2, 0.25) is 5.02 Å². The first-order chi connectivity index (χ1) is 8.15. The molecule has 1 fully saturated rings. The molecule has 17 heavy (non-hydrogen) atoms. The molecule has 0 amide bonds. The van der Waals surface area contributed by atoms with Crippen LogP contribution in [0.3, 0.4) is 0 Å². The summed E-state index contributed by atoms with van der Waals surface area (Å²) >= 11 is 6.06. The summed E-state index contributed by atoms with van der Waals surface area (Å²) in [6.07, 6.45) is 0.659. The van der Waals surface area contributed by atoms with Crippen molar-refractivity contribution in [1.82, 2.24) is 0 Å². The van der Waals surface area contributed by atoms with Gasteiger partial charge in [-0.2, -0.15) is 0 Å². The Hall–Kier alpha value is -1.26. The molecule has 0 aromatic heterocycles. The molecule has 5 heteroatoms. The highest BCUT2D eigenvalue weighted by Crippen LogP contribution is 2.28. The van der Waals surface area contributed by atoms with Crippen molar-refractivity contribution < 1.29 is 19.4 Å². The van der Waals surface area contributed by atoms with E-state index in [0.29, 0.717) is 30.4 Å². The van der Waals surface area contributed by atoms with Gasteiger partial charge in [-0.3, -0.25) is 4.79 Å². The van der Waals surface area contributed by atoms with Gasteiger partial charge in [-0.05, 0) is 24.1 Å².